The van der Waals surface area contributed by atoms with Gasteiger partial charge in [0.05, 0.1) is 31.5 Å². The van der Waals surface area contributed by atoms with Crippen molar-refractivity contribution in [3.8, 4) is 0 Å². The van der Waals surface area contributed by atoms with Crippen molar-refractivity contribution >= 4 is 7.60 Å². The fourth-order valence-corrected chi connectivity index (χ4v) is 2.94. The monoisotopic (exact) mass is 333 g/mol. The average Bonchev–Trinajstić information content (AvgIpc) is 2.43. The van der Waals surface area contributed by atoms with Gasteiger partial charge in [0, 0.05) is 13.7 Å². The number of benzene rings is 1. The van der Waals surface area contributed by atoms with E-state index in [1.54, 1.807) is 30.1 Å². The maximum Gasteiger partial charge on any atom is 0.329 e. The first-order valence-electron chi connectivity index (χ1n) is 6.80. The van der Waals surface area contributed by atoms with E-state index < -0.39 is 13.1 Å². The first kappa shape index (κ1) is 19.3. The number of hydrogen-bond donors (Lipinski definition) is 4. The standard InChI is InChI=1S/C14H24NO6P/c1-15(14(9-16,10-17)11-21-2)7-12-4-3-5-13(6-12)8-22(18,19)20/h3-6,16-17H,7-11H2,1-2H3,(H2,18,19,20). The van der Waals surface area contributed by atoms with E-state index in [1.165, 1.54) is 7.11 Å². The molecule has 0 heterocycles. The lowest BCUT2D eigenvalue weighted by molar-refractivity contribution is -0.0504. The zero-order valence-corrected chi connectivity index (χ0v) is 13.7. The summed E-state index contributed by atoms with van der Waals surface area (Å²) in [6.45, 7) is 0.0319. The van der Waals surface area contributed by atoms with Crippen LogP contribution in [0, 0.1) is 0 Å². The molecule has 0 aliphatic rings. The molecule has 0 aliphatic heterocycles. The number of likely N-dealkylation sites (N-methyl/N-ethyl adjacent to an activating group) is 1. The SMILES string of the molecule is COCC(CO)(CO)N(C)Cc1cccc(CP(=O)(O)O)c1. The third-order valence-electron chi connectivity index (χ3n) is 3.61. The molecule has 126 valence electrons. The highest BCUT2D eigenvalue weighted by atomic mass is 31.2. The van der Waals surface area contributed by atoms with Crippen molar-refractivity contribution in [2.45, 2.75) is 18.2 Å². The lowest BCUT2D eigenvalue weighted by Crippen LogP contribution is -2.55. The van der Waals surface area contributed by atoms with Crippen LogP contribution in [0.25, 0.3) is 0 Å². The van der Waals surface area contributed by atoms with Gasteiger partial charge in [0.25, 0.3) is 0 Å². The fourth-order valence-electron chi connectivity index (χ4n) is 2.27. The minimum Gasteiger partial charge on any atom is -0.394 e. The van der Waals surface area contributed by atoms with Crippen LogP contribution < -0.4 is 0 Å². The number of rotatable bonds is 9. The summed E-state index contributed by atoms with van der Waals surface area (Å²) in [5.41, 5.74) is 0.467. The number of ether oxygens (including phenoxy) is 1. The van der Waals surface area contributed by atoms with Crippen LogP contribution in [0.15, 0.2) is 24.3 Å². The predicted octanol–water partition coefficient (Wildman–Crippen LogP) is 0.166. The second kappa shape index (κ2) is 8.17. The average molecular weight is 333 g/mol. The molecule has 1 rings (SSSR count). The van der Waals surface area contributed by atoms with Gasteiger partial charge in [-0.25, -0.2) is 0 Å². The van der Waals surface area contributed by atoms with E-state index in [0.29, 0.717) is 12.1 Å². The van der Waals surface area contributed by atoms with Gasteiger partial charge in [-0.1, -0.05) is 24.3 Å². The van der Waals surface area contributed by atoms with Crippen LogP contribution in [-0.2, 0) is 22.0 Å². The number of aliphatic hydroxyl groups excluding tert-OH is 2. The number of methoxy groups -OCH3 is 1. The largest absolute Gasteiger partial charge is 0.394 e. The second-order valence-electron chi connectivity index (χ2n) is 5.47. The van der Waals surface area contributed by atoms with E-state index in [-0.39, 0.29) is 26.0 Å². The van der Waals surface area contributed by atoms with Gasteiger partial charge in [-0.05, 0) is 18.2 Å². The maximum absolute atomic E-state index is 11.1. The Morgan fingerprint density at radius 1 is 1.23 bits per heavy atom. The second-order valence-corrected chi connectivity index (χ2v) is 7.12. The topological polar surface area (TPSA) is 110 Å². The Balaban J connectivity index is 2.89. The highest BCUT2D eigenvalue weighted by Gasteiger charge is 2.33. The van der Waals surface area contributed by atoms with Crippen LogP contribution in [-0.4, -0.2) is 64.4 Å². The Morgan fingerprint density at radius 3 is 2.32 bits per heavy atom. The molecule has 1 aromatic rings. The Bertz CT molecular complexity index is 514. The zero-order valence-electron chi connectivity index (χ0n) is 12.8. The fraction of sp³-hybridized carbons (Fsp3) is 0.571. The molecule has 0 aromatic heterocycles. The predicted molar refractivity (Wildman–Crippen MR) is 82.4 cm³/mol. The number of hydrogen-bond acceptors (Lipinski definition) is 5. The lowest BCUT2D eigenvalue weighted by Gasteiger charge is -2.38. The van der Waals surface area contributed by atoms with Crippen molar-refractivity contribution in [2.75, 3.05) is 34.0 Å². The molecule has 0 spiro atoms. The molecule has 0 unspecified atom stereocenters. The molecular formula is C14H24NO6P. The Kier molecular flexibility index (Phi) is 7.15. The molecule has 22 heavy (non-hydrogen) atoms. The summed E-state index contributed by atoms with van der Waals surface area (Å²) in [5, 5.41) is 19.2. The van der Waals surface area contributed by atoms with E-state index >= 15 is 0 Å². The van der Waals surface area contributed by atoms with Crippen LogP contribution in [0.1, 0.15) is 11.1 Å². The summed E-state index contributed by atoms with van der Waals surface area (Å²) in [5.74, 6) is 0. The number of nitrogens with zero attached hydrogens (tertiary/aromatic N) is 1. The van der Waals surface area contributed by atoms with Gasteiger partial charge in [-0.2, -0.15) is 0 Å². The van der Waals surface area contributed by atoms with Crippen LogP contribution in [0.4, 0.5) is 0 Å². The van der Waals surface area contributed by atoms with Gasteiger partial charge in [0.2, 0.25) is 0 Å². The van der Waals surface area contributed by atoms with Crippen molar-refractivity contribution in [3.05, 3.63) is 35.4 Å². The Hall–Kier alpha value is -0.790. The molecule has 1 aromatic carbocycles. The molecule has 0 saturated heterocycles. The molecule has 0 radical (unpaired) electrons. The molecule has 0 saturated carbocycles. The Labute approximate surface area is 130 Å². The third-order valence-corrected chi connectivity index (χ3v) is 4.39. The molecule has 0 bridgehead atoms. The molecule has 0 atom stereocenters. The van der Waals surface area contributed by atoms with Crippen LogP contribution in [0.5, 0.6) is 0 Å². The maximum atomic E-state index is 11.1. The van der Waals surface area contributed by atoms with E-state index in [1.807, 2.05) is 6.07 Å². The van der Waals surface area contributed by atoms with E-state index in [4.69, 9.17) is 14.5 Å². The van der Waals surface area contributed by atoms with Crippen LogP contribution in [0.3, 0.4) is 0 Å². The van der Waals surface area contributed by atoms with Gasteiger partial charge in [0.15, 0.2) is 0 Å². The van der Waals surface area contributed by atoms with Crippen LogP contribution in [0.2, 0.25) is 0 Å². The van der Waals surface area contributed by atoms with Crippen molar-refractivity contribution < 1.29 is 29.3 Å². The zero-order chi connectivity index (χ0) is 16.8. The molecule has 8 heteroatoms. The first-order valence-corrected chi connectivity index (χ1v) is 8.60. The number of aliphatic hydroxyl groups is 2. The molecule has 0 fully saturated rings. The highest BCUT2D eigenvalue weighted by molar-refractivity contribution is 7.50. The minimum atomic E-state index is -4.11. The van der Waals surface area contributed by atoms with Gasteiger partial charge in [-0.15, -0.1) is 0 Å². The van der Waals surface area contributed by atoms with Gasteiger partial charge in [-0.3, -0.25) is 9.46 Å². The molecular weight excluding hydrogens is 309 g/mol. The molecule has 4 N–H and O–H groups in total. The lowest BCUT2D eigenvalue weighted by atomic mass is 10.00. The Morgan fingerprint density at radius 2 is 1.82 bits per heavy atom. The van der Waals surface area contributed by atoms with Crippen LogP contribution >= 0.6 is 7.60 Å². The summed E-state index contributed by atoms with van der Waals surface area (Å²) in [6, 6.07) is 6.92. The molecule has 0 aliphatic carbocycles. The normalized spacial score (nSPS) is 12.9. The summed E-state index contributed by atoms with van der Waals surface area (Å²) in [6.07, 6.45) is -0.312. The van der Waals surface area contributed by atoms with Crippen molar-refractivity contribution in [2.24, 2.45) is 0 Å². The molecule has 0 amide bonds. The summed E-state index contributed by atoms with van der Waals surface area (Å²) in [4.78, 5) is 19.8. The quantitative estimate of drug-likeness (QED) is 0.477. The van der Waals surface area contributed by atoms with Gasteiger partial charge >= 0.3 is 7.60 Å². The summed E-state index contributed by atoms with van der Waals surface area (Å²) < 4.78 is 16.1. The highest BCUT2D eigenvalue weighted by Crippen LogP contribution is 2.39. The first-order chi connectivity index (χ1) is 10.3. The van der Waals surface area contributed by atoms with E-state index in [0.717, 1.165) is 5.56 Å². The molecule has 7 nitrogen and oxygen atoms in total. The van der Waals surface area contributed by atoms with Crippen molar-refractivity contribution in [1.82, 2.24) is 4.90 Å². The third kappa shape index (κ3) is 5.44. The minimum absolute atomic E-state index is 0.165. The van der Waals surface area contributed by atoms with Crippen molar-refractivity contribution in [1.29, 1.82) is 0 Å². The van der Waals surface area contributed by atoms with Gasteiger partial charge in [0.1, 0.15) is 0 Å². The summed E-state index contributed by atoms with van der Waals surface area (Å²) in [7, 11) is -0.864. The smallest absolute Gasteiger partial charge is 0.329 e. The summed E-state index contributed by atoms with van der Waals surface area (Å²) >= 11 is 0. The van der Waals surface area contributed by atoms with E-state index in [9.17, 15) is 14.8 Å². The van der Waals surface area contributed by atoms with Crippen molar-refractivity contribution in [3.63, 3.8) is 0 Å². The van der Waals surface area contributed by atoms with E-state index in [2.05, 4.69) is 0 Å². The van der Waals surface area contributed by atoms with Gasteiger partial charge < -0.3 is 24.7 Å².